The highest BCUT2D eigenvalue weighted by Gasteiger charge is 2.25. The number of carbonyl (C=O) groups is 1. The van der Waals surface area contributed by atoms with Crippen LogP contribution in [0.1, 0.15) is 12.8 Å². The molecule has 2 aliphatic heterocycles. The van der Waals surface area contributed by atoms with Gasteiger partial charge in [-0.25, -0.2) is 0 Å². The second-order valence-corrected chi connectivity index (χ2v) is 4.89. The monoisotopic (exact) mass is 262 g/mol. The molecule has 1 saturated heterocycles. The average molecular weight is 262 g/mol. The molecule has 3 rings (SSSR count). The Morgan fingerprint density at radius 2 is 2.21 bits per heavy atom. The van der Waals surface area contributed by atoms with E-state index in [-0.39, 0.29) is 18.1 Å². The summed E-state index contributed by atoms with van der Waals surface area (Å²) >= 11 is 0. The molecule has 1 aromatic carbocycles. The number of ether oxygens (including phenoxy) is 2. The first kappa shape index (κ1) is 12.3. The van der Waals surface area contributed by atoms with E-state index in [1.54, 1.807) is 0 Å². The van der Waals surface area contributed by atoms with Gasteiger partial charge >= 0.3 is 0 Å². The fraction of sp³-hybridized carbons (Fsp3) is 0.500. The molecule has 0 aromatic heterocycles. The van der Waals surface area contributed by atoms with E-state index in [2.05, 4.69) is 10.6 Å². The highest BCUT2D eigenvalue weighted by molar-refractivity contribution is 5.82. The van der Waals surface area contributed by atoms with Crippen LogP contribution in [-0.2, 0) is 4.79 Å². The molecule has 0 bridgehead atoms. The number of hydrogen-bond donors (Lipinski definition) is 2. The van der Waals surface area contributed by atoms with Crippen LogP contribution >= 0.6 is 0 Å². The minimum atomic E-state index is -0.125. The van der Waals surface area contributed by atoms with Gasteiger partial charge < -0.3 is 20.1 Å². The second-order valence-electron chi connectivity index (χ2n) is 4.89. The van der Waals surface area contributed by atoms with E-state index in [1.165, 1.54) is 0 Å². The Bertz CT molecular complexity index is 458. The summed E-state index contributed by atoms with van der Waals surface area (Å²) in [5.74, 6) is 1.56. The Labute approximate surface area is 112 Å². The predicted octanol–water partition coefficient (Wildman–Crippen LogP) is 0.695. The zero-order valence-corrected chi connectivity index (χ0v) is 10.7. The maximum absolute atomic E-state index is 11.9. The summed E-state index contributed by atoms with van der Waals surface area (Å²) in [6, 6.07) is 7.53. The summed E-state index contributed by atoms with van der Waals surface area (Å²) in [5.41, 5.74) is 0. The molecule has 1 unspecified atom stereocenters. The van der Waals surface area contributed by atoms with Crippen LogP contribution in [0.25, 0.3) is 0 Å². The molecule has 2 atom stereocenters. The molecule has 2 aliphatic rings. The summed E-state index contributed by atoms with van der Waals surface area (Å²) in [6.45, 7) is 1.87. The summed E-state index contributed by atoms with van der Waals surface area (Å²) < 4.78 is 11.4. The number of benzene rings is 1. The van der Waals surface area contributed by atoms with Gasteiger partial charge in [0.15, 0.2) is 11.5 Å². The topological polar surface area (TPSA) is 59.6 Å². The third-order valence-corrected chi connectivity index (χ3v) is 3.45. The van der Waals surface area contributed by atoms with Gasteiger partial charge in [-0.2, -0.15) is 0 Å². The lowest BCUT2D eigenvalue weighted by Gasteiger charge is -2.26. The fourth-order valence-corrected chi connectivity index (χ4v) is 2.41. The number of hydrogen-bond acceptors (Lipinski definition) is 4. The van der Waals surface area contributed by atoms with Gasteiger partial charge in [0.2, 0.25) is 5.91 Å². The lowest BCUT2D eigenvalue weighted by Crippen LogP contribution is -2.46. The van der Waals surface area contributed by atoms with E-state index in [0.29, 0.717) is 13.2 Å². The molecule has 5 nitrogen and oxygen atoms in total. The SMILES string of the molecule is O=C(NCC1COc2ccccc2O1)[C@H]1CCCN1. The average Bonchev–Trinajstić information content (AvgIpc) is 2.99. The van der Waals surface area contributed by atoms with E-state index < -0.39 is 0 Å². The van der Waals surface area contributed by atoms with Crippen molar-refractivity contribution in [3.8, 4) is 11.5 Å². The predicted molar refractivity (Wildman–Crippen MR) is 70.4 cm³/mol. The van der Waals surface area contributed by atoms with Gasteiger partial charge in [-0.15, -0.1) is 0 Å². The normalized spacial score (nSPS) is 25.1. The smallest absolute Gasteiger partial charge is 0.237 e. The van der Waals surface area contributed by atoms with Crippen molar-refractivity contribution in [3.63, 3.8) is 0 Å². The van der Waals surface area contributed by atoms with Crippen LogP contribution in [0.4, 0.5) is 0 Å². The van der Waals surface area contributed by atoms with E-state index in [1.807, 2.05) is 24.3 Å². The molecule has 102 valence electrons. The zero-order valence-electron chi connectivity index (χ0n) is 10.7. The van der Waals surface area contributed by atoms with Crippen molar-refractivity contribution in [2.75, 3.05) is 19.7 Å². The van der Waals surface area contributed by atoms with Crippen LogP contribution in [-0.4, -0.2) is 37.7 Å². The van der Waals surface area contributed by atoms with Gasteiger partial charge in [0.25, 0.3) is 0 Å². The summed E-state index contributed by atoms with van der Waals surface area (Å²) in [7, 11) is 0. The summed E-state index contributed by atoms with van der Waals surface area (Å²) in [6.07, 6.45) is 1.85. The third-order valence-electron chi connectivity index (χ3n) is 3.45. The maximum atomic E-state index is 11.9. The van der Waals surface area contributed by atoms with Gasteiger partial charge in [-0.3, -0.25) is 4.79 Å². The molecule has 5 heteroatoms. The van der Waals surface area contributed by atoms with Crippen molar-refractivity contribution in [2.45, 2.75) is 25.0 Å². The van der Waals surface area contributed by atoms with Crippen molar-refractivity contribution < 1.29 is 14.3 Å². The van der Waals surface area contributed by atoms with Crippen LogP contribution in [0.5, 0.6) is 11.5 Å². The van der Waals surface area contributed by atoms with Gasteiger partial charge in [0.05, 0.1) is 12.6 Å². The first-order valence-corrected chi connectivity index (χ1v) is 6.72. The van der Waals surface area contributed by atoms with Crippen molar-refractivity contribution in [1.82, 2.24) is 10.6 Å². The molecule has 2 heterocycles. The molecular formula is C14H18N2O3. The molecule has 1 fully saturated rings. The molecule has 1 amide bonds. The highest BCUT2D eigenvalue weighted by atomic mass is 16.6. The quantitative estimate of drug-likeness (QED) is 0.841. The second kappa shape index (κ2) is 5.48. The van der Waals surface area contributed by atoms with E-state index in [0.717, 1.165) is 30.9 Å². The van der Waals surface area contributed by atoms with Crippen LogP contribution in [0.2, 0.25) is 0 Å². The van der Waals surface area contributed by atoms with Crippen molar-refractivity contribution in [1.29, 1.82) is 0 Å². The summed E-state index contributed by atoms with van der Waals surface area (Å²) in [4.78, 5) is 11.9. The molecular weight excluding hydrogens is 244 g/mol. The molecule has 0 saturated carbocycles. The van der Waals surface area contributed by atoms with Crippen molar-refractivity contribution in [2.24, 2.45) is 0 Å². The number of amides is 1. The Balaban J connectivity index is 1.50. The van der Waals surface area contributed by atoms with Crippen LogP contribution in [0.15, 0.2) is 24.3 Å². The molecule has 19 heavy (non-hydrogen) atoms. The van der Waals surface area contributed by atoms with Crippen LogP contribution in [0.3, 0.4) is 0 Å². The van der Waals surface area contributed by atoms with Crippen LogP contribution in [0, 0.1) is 0 Å². The van der Waals surface area contributed by atoms with Crippen molar-refractivity contribution >= 4 is 5.91 Å². The standard InChI is InChI=1S/C14H18N2O3/c17-14(11-4-3-7-15-11)16-8-10-9-18-12-5-1-2-6-13(12)19-10/h1-2,5-6,10-11,15H,3-4,7-9H2,(H,16,17)/t10?,11-/m1/s1. The number of para-hydroxylation sites is 2. The lowest BCUT2D eigenvalue weighted by molar-refractivity contribution is -0.123. The minimum absolute atomic E-state index is 0.0446. The first-order chi connectivity index (χ1) is 9.33. The summed E-state index contributed by atoms with van der Waals surface area (Å²) in [5, 5.41) is 6.09. The maximum Gasteiger partial charge on any atom is 0.237 e. The molecule has 0 aliphatic carbocycles. The van der Waals surface area contributed by atoms with E-state index in [4.69, 9.17) is 9.47 Å². The Hall–Kier alpha value is -1.75. The molecule has 2 N–H and O–H groups in total. The molecule has 1 aromatic rings. The van der Waals surface area contributed by atoms with Gasteiger partial charge in [-0.05, 0) is 31.5 Å². The Kier molecular flexibility index (Phi) is 3.55. The first-order valence-electron chi connectivity index (χ1n) is 6.72. The minimum Gasteiger partial charge on any atom is -0.486 e. The van der Waals surface area contributed by atoms with Crippen molar-refractivity contribution in [3.05, 3.63) is 24.3 Å². The van der Waals surface area contributed by atoms with E-state index >= 15 is 0 Å². The van der Waals surface area contributed by atoms with E-state index in [9.17, 15) is 4.79 Å². The number of nitrogens with one attached hydrogen (secondary N) is 2. The van der Waals surface area contributed by atoms with Gasteiger partial charge in [-0.1, -0.05) is 12.1 Å². The number of carbonyl (C=O) groups excluding carboxylic acids is 1. The zero-order chi connectivity index (χ0) is 13.1. The lowest BCUT2D eigenvalue weighted by atomic mass is 10.2. The molecule has 0 spiro atoms. The highest BCUT2D eigenvalue weighted by Crippen LogP contribution is 2.30. The fourth-order valence-electron chi connectivity index (χ4n) is 2.41. The third kappa shape index (κ3) is 2.81. The Morgan fingerprint density at radius 1 is 1.37 bits per heavy atom. The largest absolute Gasteiger partial charge is 0.486 e. The molecule has 0 radical (unpaired) electrons. The van der Waals surface area contributed by atoms with Crippen LogP contribution < -0.4 is 20.1 Å². The van der Waals surface area contributed by atoms with Gasteiger partial charge in [0.1, 0.15) is 12.7 Å². The number of rotatable bonds is 3. The number of fused-ring (bicyclic) bond motifs is 1. The Morgan fingerprint density at radius 3 is 3.00 bits per heavy atom. The van der Waals surface area contributed by atoms with Gasteiger partial charge in [0, 0.05) is 0 Å².